The number of benzene rings is 3. The summed E-state index contributed by atoms with van der Waals surface area (Å²) in [5.74, 6) is -0.157. The summed E-state index contributed by atoms with van der Waals surface area (Å²) in [6, 6.07) is 30.5. The molecule has 3 aromatic carbocycles. The zero-order chi connectivity index (χ0) is 17.5. The van der Waals surface area contributed by atoms with E-state index in [4.69, 9.17) is 4.74 Å². The molecule has 2 heteroatoms. The average Bonchev–Trinajstić information content (AvgIpc) is 2.71. The molecule has 0 aliphatic rings. The van der Waals surface area contributed by atoms with Gasteiger partial charge in [0, 0.05) is 5.92 Å². The van der Waals surface area contributed by atoms with E-state index in [1.54, 1.807) is 0 Å². The average molecular weight is 334 g/mol. The lowest BCUT2D eigenvalue weighted by atomic mass is 9.80. The number of rotatable bonds is 7. The first kappa shape index (κ1) is 17.4. The van der Waals surface area contributed by atoms with Gasteiger partial charge in [0.2, 0.25) is 0 Å². The van der Waals surface area contributed by atoms with Gasteiger partial charge in [-0.1, -0.05) is 97.9 Å². The van der Waals surface area contributed by atoms with Crippen LogP contribution in [0.15, 0.2) is 91.0 Å². The van der Waals surface area contributed by atoms with E-state index in [2.05, 4.69) is 36.4 Å². The number of ether oxygens (including phenoxy) is 1. The first-order valence-corrected chi connectivity index (χ1v) is 8.64. The van der Waals surface area contributed by atoms with Crippen molar-refractivity contribution in [2.45, 2.75) is 12.5 Å². The monoisotopic (exact) mass is 334 g/mol. The van der Waals surface area contributed by atoms with Gasteiger partial charge in [0.05, 0.1) is 13.3 Å². The van der Waals surface area contributed by atoms with Crippen molar-refractivity contribution < 1.29 is 9.13 Å². The normalized spacial score (nSPS) is 12.7. The molecule has 0 aromatic heterocycles. The van der Waals surface area contributed by atoms with Crippen LogP contribution in [0.25, 0.3) is 0 Å². The molecular formula is C23H23FO. The highest BCUT2D eigenvalue weighted by atomic mass is 19.1. The number of halogens is 1. The fourth-order valence-corrected chi connectivity index (χ4v) is 3.08. The standard InChI is InChI=1S/C23H23FO/c1-19(17-24)18-25-23(20-11-5-2-6-12-20,21-13-7-3-8-14-21)22-15-9-4-10-16-22/h2-16,19H,17-18H2,1H3. The molecule has 0 aliphatic heterocycles. The van der Waals surface area contributed by atoms with Crippen molar-refractivity contribution in [2.75, 3.05) is 13.3 Å². The Labute approximate surface area is 149 Å². The van der Waals surface area contributed by atoms with Gasteiger partial charge in [-0.3, -0.25) is 4.39 Å². The predicted octanol–water partition coefficient (Wildman–Crippen LogP) is 5.60. The van der Waals surface area contributed by atoms with Crippen LogP contribution < -0.4 is 0 Å². The van der Waals surface area contributed by atoms with Crippen molar-refractivity contribution in [3.63, 3.8) is 0 Å². The lowest BCUT2D eigenvalue weighted by molar-refractivity contribution is -0.00888. The molecule has 0 saturated carbocycles. The minimum absolute atomic E-state index is 0.157. The minimum Gasteiger partial charge on any atom is -0.360 e. The van der Waals surface area contributed by atoms with Gasteiger partial charge in [-0.25, -0.2) is 0 Å². The maximum Gasteiger partial charge on any atom is 0.143 e. The summed E-state index contributed by atoms with van der Waals surface area (Å²) in [4.78, 5) is 0. The molecule has 1 atom stereocenters. The molecule has 128 valence electrons. The summed E-state index contributed by atoms with van der Waals surface area (Å²) in [5.41, 5.74) is 2.36. The highest BCUT2D eigenvalue weighted by molar-refractivity contribution is 5.47. The van der Waals surface area contributed by atoms with Crippen molar-refractivity contribution in [1.82, 2.24) is 0 Å². The second-order valence-electron chi connectivity index (χ2n) is 6.35. The Balaban J connectivity index is 2.20. The second kappa shape index (κ2) is 8.09. The van der Waals surface area contributed by atoms with E-state index in [1.807, 2.05) is 61.5 Å². The molecule has 25 heavy (non-hydrogen) atoms. The Kier molecular flexibility index (Phi) is 5.62. The smallest absolute Gasteiger partial charge is 0.143 e. The van der Waals surface area contributed by atoms with E-state index < -0.39 is 12.3 Å². The van der Waals surface area contributed by atoms with E-state index in [0.29, 0.717) is 6.61 Å². The van der Waals surface area contributed by atoms with Crippen LogP contribution in [0.4, 0.5) is 4.39 Å². The topological polar surface area (TPSA) is 9.23 Å². The highest BCUT2D eigenvalue weighted by Crippen LogP contribution is 2.40. The summed E-state index contributed by atoms with van der Waals surface area (Å²) >= 11 is 0. The summed E-state index contributed by atoms with van der Waals surface area (Å²) < 4.78 is 19.6. The Morgan fingerprint density at radius 1 is 0.720 bits per heavy atom. The van der Waals surface area contributed by atoms with Gasteiger partial charge in [0.15, 0.2) is 0 Å². The Bertz CT molecular complexity index is 659. The maximum absolute atomic E-state index is 13.1. The molecule has 0 heterocycles. The quantitative estimate of drug-likeness (QED) is 0.511. The lowest BCUT2D eigenvalue weighted by Crippen LogP contribution is -2.34. The number of hydrogen-bond acceptors (Lipinski definition) is 1. The van der Waals surface area contributed by atoms with Crippen molar-refractivity contribution in [2.24, 2.45) is 5.92 Å². The molecule has 3 rings (SSSR count). The molecule has 3 aromatic rings. The van der Waals surface area contributed by atoms with E-state index in [-0.39, 0.29) is 5.92 Å². The summed E-state index contributed by atoms with van der Waals surface area (Å²) in [7, 11) is 0. The predicted molar refractivity (Wildman–Crippen MR) is 100 cm³/mol. The molecule has 0 radical (unpaired) electrons. The summed E-state index contributed by atoms with van der Waals surface area (Å²) in [5, 5.41) is 0. The molecule has 0 amide bonds. The minimum atomic E-state index is -0.757. The molecule has 1 nitrogen and oxygen atoms in total. The van der Waals surface area contributed by atoms with E-state index in [0.717, 1.165) is 16.7 Å². The molecular weight excluding hydrogens is 311 g/mol. The fourth-order valence-electron chi connectivity index (χ4n) is 3.08. The van der Waals surface area contributed by atoms with Crippen LogP contribution in [0.5, 0.6) is 0 Å². The van der Waals surface area contributed by atoms with Crippen LogP contribution in [0.3, 0.4) is 0 Å². The van der Waals surface area contributed by atoms with Gasteiger partial charge in [0.25, 0.3) is 0 Å². The SMILES string of the molecule is CC(CF)COC(c1ccccc1)(c1ccccc1)c1ccccc1. The van der Waals surface area contributed by atoms with Gasteiger partial charge < -0.3 is 4.74 Å². The van der Waals surface area contributed by atoms with Gasteiger partial charge in [0.1, 0.15) is 5.60 Å². The zero-order valence-electron chi connectivity index (χ0n) is 14.4. The Morgan fingerprint density at radius 2 is 1.08 bits per heavy atom. The van der Waals surface area contributed by atoms with Crippen molar-refractivity contribution in [1.29, 1.82) is 0 Å². The molecule has 0 N–H and O–H groups in total. The largest absolute Gasteiger partial charge is 0.360 e. The molecule has 0 spiro atoms. The molecule has 0 fully saturated rings. The highest BCUT2D eigenvalue weighted by Gasteiger charge is 2.37. The number of hydrogen-bond donors (Lipinski definition) is 0. The van der Waals surface area contributed by atoms with Crippen LogP contribution in [-0.2, 0) is 10.3 Å². The second-order valence-corrected chi connectivity index (χ2v) is 6.35. The van der Waals surface area contributed by atoms with Crippen molar-refractivity contribution >= 4 is 0 Å². The first-order chi connectivity index (χ1) is 12.3. The van der Waals surface area contributed by atoms with E-state index in [1.165, 1.54) is 0 Å². The van der Waals surface area contributed by atoms with Crippen LogP contribution >= 0.6 is 0 Å². The third kappa shape index (κ3) is 3.64. The van der Waals surface area contributed by atoms with Gasteiger partial charge in [-0.15, -0.1) is 0 Å². The van der Waals surface area contributed by atoms with Crippen LogP contribution in [0, 0.1) is 5.92 Å². The number of alkyl halides is 1. The molecule has 0 bridgehead atoms. The van der Waals surface area contributed by atoms with Gasteiger partial charge in [-0.2, -0.15) is 0 Å². The lowest BCUT2D eigenvalue weighted by Gasteiger charge is -2.36. The van der Waals surface area contributed by atoms with Crippen LogP contribution in [-0.4, -0.2) is 13.3 Å². The van der Waals surface area contributed by atoms with Crippen LogP contribution in [0.1, 0.15) is 23.6 Å². The third-order valence-corrected chi connectivity index (χ3v) is 4.39. The maximum atomic E-state index is 13.1. The molecule has 0 saturated heterocycles. The summed E-state index contributed by atoms with van der Waals surface area (Å²) in [6.07, 6.45) is 0. The van der Waals surface area contributed by atoms with Crippen molar-refractivity contribution in [3.05, 3.63) is 108 Å². The van der Waals surface area contributed by atoms with E-state index >= 15 is 0 Å². The third-order valence-electron chi connectivity index (χ3n) is 4.39. The first-order valence-electron chi connectivity index (χ1n) is 8.64. The molecule has 0 aliphatic carbocycles. The zero-order valence-corrected chi connectivity index (χ0v) is 14.4. The van der Waals surface area contributed by atoms with Gasteiger partial charge in [-0.05, 0) is 16.7 Å². The summed E-state index contributed by atoms with van der Waals surface area (Å²) in [6.45, 7) is 1.81. The van der Waals surface area contributed by atoms with E-state index in [9.17, 15) is 4.39 Å². The van der Waals surface area contributed by atoms with Crippen molar-refractivity contribution in [3.8, 4) is 0 Å². The van der Waals surface area contributed by atoms with Crippen LogP contribution in [0.2, 0.25) is 0 Å². The van der Waals surface area contributed by atoms with Gasteiger partial charge >= 0.3 is 0 Å². The molecule has 1 unspecified atom stereocenters. The Morgan fingerprint density at radius 3 is 1.40 bits per heavy atom. The fraction of sp³-hybridized carbons (Fsp3) is 0.217. The Hall–Kier alpha value is -2.45.